The molecule has 0 spiro atoms. The summed E-state index contributed by atoms with van der Waals surface area (Å²) in [5.41, 5.74) is 1.33. The van der Waals surface area contributed by atoms with E-state index in [1.807, 2.05) is 6.92 Å². The number of sulfonamides is 1. The number of esters is 1. The van der Waals surface area contributed by atoms with Crippen molar-refractivity contribution in [3.05, 3.63) is 35.4 Å². The minimum atomic E-state index is -3.12. The predicted octanol–water partition coefficient (Wildman–Crippen LogP) is 1.40. The van der Waals surface area contributed by atoms with Crippen molar-refractivity contribution in [3.8, 4) is 0 Å². The van der Waals surface area contributed by atoms with Crippen LogP contribution in [0, 0.1) is 0 Å². The van der Waals surface area contributed by atoms with E-state index in [2.05, 4.69) is 4.74 Å². The van der Waals surface area contributed by atoms with Crippen molar-refractivity contribution in [2.75, 3.05) is 12.9 Å². The van der Waals surface area contributed by atoms with Crippen LogP contribution in [0.5, 0.6) is 0 Å². The maximum Gasteiger partial charge on any atom is 0.337 e. The highest BCUT2D eigenvalue weighted by Crippen LogP contribution is 2.23. The highest BCUT2D eigenvalue weighted by Gasteiger charge is 2.34. The molecule has 1 aliphatic rings. The van der Waals surface area contributed by atoms with Gasteiger partial charge in [-0.15, -0.1) is 0 Å². The first-order valence-corrected chi connectivity index (χ1v) is 7.72. The van der Waals surface area contributed by atoms with Crippen molar-refractivity contribution in [1.29, 1.82) is 0 Å². The summed E-state index contributed by atoms with van der Waals surface area (Å²) in [5.74, 6) is -0.178. The molecule has 1 aromatic rings. The van der Waals surface area contributed by atoms with Gasteiger partial charge in [-0.05, 0) is 31.0 Å². The summed E-state index contributed by atoms with van der Waals surface area (Å²) >= 11 is 0. The van der Waals surface area contributed by atoms with Gasteiger partial charge in [0.15, 0.2) is 0 Å². The zero-order valence-corrected chi connectivity index (χ0v) is 11.8. The van der Waals surface area contributed by atoms with Gasteiger partial charge in [0.25, 0.3) is 0 Å². The molecule has 0 bridgehead atoms. The number of nitrogens with zero attached hydrogens (tertiary/aromatic N) is 1. The van der Waals surface area contributed by atoms with Crippen molar-refractivity contribution >= 4 is 16.0 Å². The van der Waals surface area contributed by atoms with E-state index in [0.29, 0.717) is 18.5 Å². The number of ether oxygens (including phenoxy) is 1. The monoisotopic (exact) mass is 283 g/mol. The molecule has 1 heterocycles. The number of rotatable bonds is 3. The van der Waals surface area contributed by atoms with Crippen molar-refractivity contribution in [1.82, 2.24) is 4.31 Å². The predicted molar refractivity (Wildman–Crippen MR) is 71.2 cm³/mol. The van der Waals surface area contributed by atoms with Crippen LogP contribution in [0.2, 0.25) is 0 Å². The van der Waals surface area contributed by atoms with Crippen LogP contribution in [-0.4, -0.2) is 37.6 Å². The molecule has 0 unspecified atom stereocenters. The van der Waals surface area contributed by atoms with E-state index in [9.17, 15) is 13.2 Å². The highest BCUT2D eigenvalue weighted by atomic mass is 32.2. The van der Waals surface area contributed by atoms with Crippen LogP contribution in [0.1, 0.15) is 29.3 Å². The van der Waals surface area contributed by atoms with Gasteiger partial charge in [0, 0.05) is 12.6 Å². The fraction of sp³-hybridized carbons (Fsp3) is 0.462. The lowest BCUT2D eigenvalue weighted by molar-refractivity contribution is 0.0600. The Morgan fingerprint density at radius 1 is 1.37 bits per heavy atom. The van der Waals surface area contributed by atoms with Gasteiger partial charge in [0.2, 0.25) is 10.0 Å². The number of hydrogen-bond acceptors (Lipinski definition) is 4. The quantitative estimate of drug-likeness (QED) is 0.787. The molecule has 2 rings (SSSR count). The average Bonchev–Trinajstić information content (AvgIpc) is 2.65. The third-order valence-corrected chi connectivity index (χ3v) is 5.31. The molecule has 1 aliphatic heterocycles. The first kappa shape index (κ1) is 14.0. The third kappa shape index (κ3) is 2.96. The topological polar surface area (TPSA) is 63.7 Å². The van der Waals surface area contributed by atoms with Crippen LogP contribution < -0.4 is 0 Å². The maximum absolute atomic E-state index is 11.8. The van der Waals surface area contributed by atoms with Gasteiger partial charge in [0.05, 0.1) is 18.4 Å². The van der Waals surface area contributed by atoms with Crippen LogP contribution in [0.3, 0.4) is 0 Å². The van der Waals surface area contributed by atoms with E-state index in [4.69, 9.17) is 0 Å². The molecular formula is C13H17NO4S. The molecule has 5 nitrogen and oxygen atoms in total. The summed E-state index contributed by atoms with van der Waals surface area (Å²) in [7, 11) is -1.80. The van der Waals surface area contributed by atoms with Crippen molar-refractivity contribution in [3.63, 3.8) is 0 Å². The molecule has 0 aromatic heterocycles. The minimum Gasteiger partial charge on any atom is -0.465 e. The Morgan fingerprint density at radius 2 is 2.00 bits per heavy atom. The second-order valence-electron chi connectivity index (χ2n) is 4.69. The minimum absolute atomic E-state index is 0.0327. The summed E-state index contributed by atoms with van der Waals surface area (Å²) in [6.07, 6.45) is 0.669. The SMILES string of the molecule is COC(=O)c1ccc(CN2[C@H](C)CCS2(=O)=O)cc1. The smallest absolute Gasteiger partial charge is 0.337 e. The third-order valence-electron chi connectivity index (χ3n) is 3.36. The van der Waals surface area contributed by atoms with Crippen molar-refractivity contribution in [2.45, 2.75) is 25.9 Å². The van der Waals surface area contributed by atoms with E-state index < -0.39 is 16.0 Å². The van der Waals surface area contributed by atoms with E-state index >= 15 is 0 Å². The second-order valence-corrected chi connectivity index (χ2v) is 6.73. The fourth-order valence-electron chi connectivity index (χ4n) is 2.15. The zero-order chi connectivity index (χ0) is 14.0. The summed E-state index contributed by atoms with van der Waals surface area (Å²) in [5, 5.41) is 0. The molecule has 19 heavy (non-hydrogen) atoms. The van der Waals surface area contributed by atoms with Crippen molar-refractivity contribution < 1.29 is 17.9 Å². The molecule has 0 saturated carbocycles. The Morgan fingerprint density at radius 3 is 2.47 bits per heavy atom. The van der Waals surface area contributed by atoms with E-state index in [1.165, 1.54) is 11.4 Å². The Labute approximate surface area is 113 Å². The molecule has 1 aromatic carbocycles. The number of hydrogen-bond donors (Lipinski definition) is 0. The Hall–Kier alpha value is -1.40. The Bertz CT molecular complexity index is 565. The second kappa shape index (κ2) is 5.30. The van der Waals surface area contributed by atoms with Crippen LogP contribution >= 0.6 is 0 Å². The van der Waals surface area contributed by atoms with Crippen LogP contribution in [0.25, 0.3) is 0 Å². The first-order valence-electron chi connectivity index (χ1n) is 6.11. The van der Waals surface area contributed by atoms with E-state index in [-0.39, 0.29) is 11.8 Å². The van der Waals surface area contributed by atoms with Crippen LogP contribution in [-0.2, 0) is 21.3 Å². The Kier molecular flexibility index (Phi) is 3.91. The standard InChI is InChI=1S/C13H17NO4S/c1-10-7-8-19(16,17)14(10)9-11-3-5-12(6-4-11)13(15)18-2/h3-6,10H,7-9H2,1-2H3/t10-/m1/s1. The Balaban J connectivity index is 2.14. The molecule has 104 valence electrons. The fourth-order valence-corrected chi connectivity index (χ4v) is 4.03. The maximum atomic E-state index is 11.8. The number of carbonyl (C=O) groups is 1. The molecular weight excluding hydrogens is 266 g/mol. The van der Waals surface area contributed by atoms with Crippen LogP contribution in [0.4, 0.5) is 0 Å². The summed E-state index contributed by atoms with van der Waals surface area (Å²) in [6.45, 7) is 2.26. The van der Waals surface area contributed by atoms with Gasteiger partial charge in [-0.3, -0.25) is 0 Å². The lowest BCUT2D eigenvalue weighted by Gasteiger charge is -2.19. The van der Waals surface area contributed by atoms with Gasteiger partial charge >= 0.3 is 5.97 Å². The largest absolute Gasteiger partial charge is 0.465 e. The van der Waals surface area contributed by atoms with Gasteiger partial charge < -0.3 is 4.74 Å². The molecule has 1 atom stereocenters. The molecule has 0 aliphatic carbocycles. The molecule has 1 fully saturated rings. The molecule has 1 saturated heterocycles. The summed E-state index contributed by atoms with van der Waals surface area (Å²) < 4.78 is 29.8. The molecule has 6 heteroatoms. The van der Waals surface area contributed by atoms with Crippen LogP contribution in [0.15, 0.2) is 24.3 Å². The average molecular weight is 283 g/mol. The highest BCUT2D eigenvalue weighted by molar-refractivity contribution is 7.89. The molecule has 0 radical (unpaired) electrons. The normalized spacial score (nSPS) is 22.3. The molecule has 0 amide bonds. The van der Waals surface area contributed by atoms with E-state index in [1.54, 1.807) is 24.3 Å². The lowest BCUT2D eigenvalue weighted by atomic mass is 10.1. The lowest BCUT2D eigenvalue weighted by Crippen LogP contribution is -2.30. The van der Waals surface area contributed by atoms with Gasteiger partial charge in [0.1, 0.15) is 0 Å². The number of benzene rings is 1. The number of carbonyl (C=O) groups excluding carboxylic acids is 1. The van der Waals surface area contributed by atoms with Gasteiger partial charge in [-0.1, -0.05) is 12.1 Å². The number of methoxy groups -OCH3 is 1. The first-order chi connectivity index (χ1) is 8.94. The van der Waals surface area contributed by atoms with Crippen molar-refractivity contribution in [2.24, 2.45) is 0 Å². The summed E-state index contributed by atoms with van der Waals surface area (Å²) in [6, 6.07) is 6.84. The summed E-state index contributed by atoms with van der Waals surface area (Å²) in [4.78, 5) is 11.3. The molecule has 0 N–H and O–H groups in total. The van der Waals surface area contributed by atoms with Gasteiger partial charge in [-0.2, -0.15) is 4.31 Å². The van der Waals surface area contributed by atoms with E-state index in [0.717, 1.165) is 5.56 Å². The zero-order valence-electron chi connectivity index (χ0n) is 11.0. The van der Waals surface area contributed by atoms with Gasteiger partial charge in [-0.25, -0.2) is 13.2 Å².